The number of hydrogen-bond donors (Lipinski definition) is 2. The van der Waals surface area contributed by atoms with Crippen LogP contribution in [0.5, 0.6) is 0 Å². The van der Waals surface area contributed by atoms with Crippen LogP contribution in [0, 0.1) is 5.92 Å². The van der Waals surface area contributed by atoms with Crippen molar-refractivity contribution in [1.82, 2.24) is 15.5 Å². The highest BCUT2D eigenvalue weighted by Gasteiger charge is 2.36. The minimum absolute atomic E-state index is 0.214. The van der Waals surface area contributed by atoms with Gasteiger partial charge in [-0.3, -0.25) is 29.4 Å². The molecule has 1 aromatic carbocycles. The zero-order chi connectivity index (χ0) is 20.0. The lowest BCUT2D eigenvalue weighted by Gasteiger charge is -2.13. The Bertz CT molecular complexity index is 739. The maximum atomic E-state index is 12.1. The second-order valence-corrected chi connectivity index (χ2v) is 6.39. The number of fused-ring (bicyclic) bond motifs is 1. The lowest BCUT2D eigenvalue weighted by atomic mass is 10.1. The van der Waals surface area contributed by atoms with Crippen molar-refractivity contribution >= 4 is 29.7 Å². The number of nitrogens with one attached hydrogen (secondary N) is 2. The number of nitrogens with zero attached hydrogens (tertiary/aromatic N) is 1. The number of rotatable bonds is 7. The summed E-state index contributed by atoms with van der Waals surface area (Å²) in [6, 6.07) is 5.53. The van der Waals surface area contributed by atoms with Gasteiger partial charge in [0.25, 0.3) is 17.7 Å². The number of hydrogen-bond acceptors (Lipinski definition) is 6. The Labute approximate surface area is 156 Å². The minimum atomic E-state index is -0.931. The number of esters is 1. The Hall–Kier alpha value is -3.23. The van der Waals surface area contributed by atoms with Crippen molar-refractivity contribution in [1.29, 1.82) is 0 Å². The van der Waals surface area contributed by atoms with E-state index in [9.17, 15) is 24.0 Å². The van der Waals surface area contributed by atoms with E-state index in [0.29, 0.717) is 12.5 Å². The Kier molecular flexibility index (Phi) is 6.64. The summed E-state index contributed by atoms with van der Waals surface area (Å²) < 4.78 is 4.73. The molecule has 0 aliphatic carbocycles. The number of urea groups is 1. The van der Waals surface area contributed by atoms with Gasteiger partial charge in [-0.05, 0) is 24.5 Å². The van der Waals surface area contributed by atoms with Gasteiger partial charge in [-0.15, -0.1) is 0 Å². The molecule has 1 aliphatic heterocycles. The quantitative estimate of drug-likeness (QED) is 0.534. The summed E-state index contributed by atoms with van der Waals surface area (Å²) in [4.78, 5) is 60.0. The third-order valence-corrected chi connectivity index (χ3v) is 3.79. The average Bonchev–Trinajstić information content (AvgIpc) is 2.85. The standard InChI is InChI=1S/C18H21N3O6/c1-11(2)7-8-19-18(26)20-14(22)10-27-15(23)9-21-16(24)12-5-3-4-6-13(12)17(21)25/h3-6,11H,7-10H2,1-2H3,(H2,19,20,22,26). The van der Waals surface area contributed by atoms with E-state index in [2.05, 4.69) is 5.32 Å². The van der Waals surface area contributed by atoms with E-state index in [-0.39, 0.29) is 11.1 Å². The van der Waals surface area contributed by atoms with Crippen molar-refractivity contribution in [3.8, 4) is 0 Å². The van der Waals surface area contributed by atoms with E-state index in [4.69, 9.17) is 4.74 Å². The van der Waals surface area contributed by atoms with Crippen molar-refractivity contribution in [3.63, 3.8) is 0 Å². The lowest BCUT2D eigenvalue weighted by Crippen LogP contribution is -2.42. The van der Waals surface area contributed by atoms with Gasteiger partial charge in [-0.1, -0.05) is 26.0 Å². The Morgan fingerprint density at radius 3 is 2.22 bits per heavy atom. The summed E-state index contributed by atoms with van der Waals surface area (Å²) in [5.41, 5.74) is 0.428. The van der Waals surface area contributed by atoms with E-state index < -0.39 is 42.9 Å². The van der Waals surface area contributed by atoms with Gasteiger partial charge >= 0.3 is 12.0 Å². The fourth-order valence-electron chi connectivity index (χ4n) is 2.38. The average molecular weight is 375 g/mol. The van der Waals surface area contributed by atoms with E-state index >= 15 is 0 Å². The van der Waals surface area contributed by atoms with Crippen molar-refractivity contribution in [2.24, 2.45) is 5.92 Å². The van der Waals surface area contributed by atoms with Crippen molar-refractivity contribution < 1.29 is 28.7 Å². The summed E-state index contributed by atoms with van der Waals surface area (Å²) in [7, 11) is 0. The molecule has 0 saturated carbocycles. The molecule has 2 rings (SSSR count). The monoisotopic (exact) mass is 375 g/mol. The van der Waals surface area contributed by atoms with Crippen LogP contribution in [0.2, 0.25) is 0 Å². The maximum Gasteiger partial charge on any atom is 0.326 e. The molecule has 9 heteroatoms. The van der Waals surface area contributed by atoms with Gasteiger partial charge in [0.2, 0.25) is 0 Å². The predicted molar refractivity (Wildman–Crippen MR) is 93.8 cm³/mol. The van der Waals surface area contributed by atoms with Crippen LogP contribution in [0.15, 0.2) is 24.3 Å². The van der Waals surface area contributed by atoms with Crippen LogP contribution in [-0.2, 0) is 14.3 Å². The first-order valence-electron chi connectivity index (χ1n) is 8.48. The number of imide groups is 2. The summed E-state index contributed by atoms with van der Waals surface area (Å²) in [6.45, 7) is 3.10. The topological polar surface area (TPSA) is 122 Å². The molecule has 2 N–H and O–H groups in total. The third kappa shape index (κ3) is 5.37. The molecule has 27 heavy (non-hydrogen) atoms. The number of amides is 5. The van der Waals surface area contributed by atoms with E-state index in [0.717, 1.165) is 11.3 Å². The lowest BCUT2D eigenvalue weighted by molar-refractivity contribution is -0.148. The van der Waals surface area contributed by atoms with Gasteiger partial charge in [-0.2, -0.15) is 0 Å². The molecule has 0 saturated heterocycles. The SMILES string of the molecule is CC(C)CCNC(=O)NC(=O)COC(=O)CN1C(=O)c2ccccc2C1=O. The Morgan fingerprint density at radius 1 is 1.07 bits per heavy atom. The molecule has 1 aliphatic rings. The second kappa shape index (κ2) is 8.93. The molecule has 1 aromatic rings. The van der Waals surface area contributed by atoms with Gasteiger partial charge in [0.15, 0.2) is 6.61 Å². The van der Waals surface area contributed by atoms with Crippen LogP contribution < -0.4 is 10.6 Å². The van der Waals surface area contributed by atoms with Crippen LogP contribution in [0.1, 0.15) is 41.0 Å². The Balaban J connectivity index is 1.75. The second-order valence-electron chi connectivity index (χ2n) is 6.39. The molecule has 0 atom stereocenters. The van der Waals surface area contributed by atoms with E-state index in [1.165, 1.54) is 12.1 Å². The van der Waals surface area contributed by atoms with E-state index in [1.807, 2.05) is 19.2 Å². The first-order valence-corrected chi connectivity index (χ1v) is 8.48. The highest BCUT2D eigenvalue weighted by molar-refractivity contribution is 6.22. The third-order valence-electron chi connectivity index (χ3n) is 3.79. The predicted octanol–water partition coefficient (Wildman–Crippen LogP) is 0.698. The molecule has 0 fully saturated rings. The van der Waals surface area contributed by atoms with Crippen LogP contribution in [0.25, 0.3) is 0 Å². The number of ether oxygens (including phenoxy) is 1. The first-order chi connectivity index (χ1) is 12.8. The molecular weight excluding hydrogens is 354 g/mol. The highest BCUT2D eigenvalue weighted by Crippen LogP contribution is 2.21. The van der Waals surface area contributed by atoms with Crippen molar-refractivity contribution in [2.75, 3.05) is 19.7 Å². The summed E-state index contributed by atoms with van der Waals surface area (Å²) >= 11 is 0. The van der Waals surface area contributed by atoms with Crippen LogP contribution in [0.4, 0.5) is 4.79 Å². The molecule has 1 heterocycles. The van der Waals surface area contributed by atoms with Crippen LogP contribution in [-0.4, -0.2) is 54.3 Å². The van der Waals surface area contributed by atoms with Crippen molar-refractivity contribution in [3.05, 3.63) is 35.4 Å². The number of carbonyl (C=O) groups is 5. The molecule has 0 bridgehead atoms. The maximum absolute atomic E-state index is 12.1. The highest BCUT2D eigenvalue weighted by atomic mass is 16.5. The van der Waals surface area contributed by atoms with Crippen LogP contribution >= 0.6 is 0 Å². The molecule has 0 radical (unpaired) electrons. The minimum Gasteiger partial charge on any atom is -0.454 e. The Morgan fingerprint density at radius 2 is 1.67 bits per heavy atom. The fourth-order valence-corrected chi connectivity index (χ4v) is 2.38. The first kappa shape index (κ1) is 20.1. The van der Waals surface area contributed by atoms with Gasteiger partial charge in [0.05, 0.1) is 11.1 Å². The fraction of sp³-hybridized carbons (Fsp3) is 0.389. The van der Waals surface area contributed by atoms with Gasteiger partial charge < -0.3 is 10.1 Å². The zero-order valence-electron chi connectivity index (χ0n) is 15.1. The van der Waals surface area contributed by atoms with Gasteiger partial charge in [0.1, 0.15) is 6.54 Å². The zero-order valence-corrected chi connectivity index (χ0v) is 15.1. The normalized spacial score (nSPS) is 12.8. The smallest absolute Gasteiger partial charge is 0.326 e. The molecule has 0 spiro atoms. The number of benzene rings is 1. The largest absolute Gasteiger partial charge is 0.454 e. The summed E-state index contributed by atoms with van der Waals surface area (Å²) in [5, 5.41) is 4.52. The summed E-state index contributed by atoms with van der Waals surface area (Å²) in [5.74, 6) is -2.53. The molecular formula is C18H21N3O6. The van der Waals surface area contributed by atoms with Crippen molar-refractivity contribution in [2.45, 2.75) is 20.3 Å². The molecule has 5 amide bonds. The number of carbonyl (C=O) groups excluding carboxylic acids is 5. The van der Waals surface area contributed by atoms with E-state index in [1.54, 1.807) is 12.1 Å². The van der Waals surface area contributed by atoms with Gasteiger partial charge in [-0.25, -0.2) is 4.79 Å². The molecule has 9 nitrogen and oxygen atoms in total. The molecule has 0 aromatic heterocycles. The molecule has 144 valence electrons. The summed E-state index contributed by atoms with van der Waals surface area (Å²) in [6.07, 6.45) is 0.761. The van der Waals surface area contributed by atoms with Crippen LogP contribution in [0.3, 0.4) is 0 Å². The molecule has 0 unspecified atom stereocenters. The van der Waals surface area contributed by atoms with Gasteiger partial charge in [0, 0.05) is 6.54 Å².